The van der Waals surface area contributed by atoms with E-state index in [1.165, 1.54) is 0 Å². The molecule has 8 nitrogen and oxygen atoms in total. The summed E-state index contributed by atoms with van der Waals surface area (Å²) in [6.07, 6.45) is 1.81. The van der Waals surface area contributed by atoms with Crippen LogP contribution in [-0.2, 0) is 11.2 Å². The van der Waals surface area contributed by atoms with Crippen LogP contribution in [0.3, 0.4) is 0 Å². The molecular weight excluding hydrogens is 452 g/mol. The number of halogens is 1. The number of fused-ring (bicyclic) bond motifs is 3. The fourth-order valence-corrected chi connectivity index (χ4v) is 3.83. The van der Waals surface area contributed by atoms with E-state index >= 15 is 0 Å². The van der Waals surface area contributed by atoms with E-state index in [0.29, 0.717) is 39.4 Å². The van der Waals surface area contributed by atoms with Gasteiger partial charge in [-0.3, -0.25) is 9.59 Å². The van der Waals surface area contributed by atoms with Gasteiger partial charge in [0.05, 0.1) is 17.8 Å². The number of benzene rings is 2. The number of anilines is 4. The average molecular weight is 471 g/mol. The van der Waals surface area contributed by atoms with Crippen LogP contribution in [0.4, 0.5) is 23.1 Å². The Morgan fingerprint density at radius 3 is 2.68 bits per heavy atom. The van der Waals surface area contributed by atoms with Crippen molar-refractivity contribution < 1.29 is 9.59 Å². The van der Waals surface area contributed by atoms with Crippen LogP contribution in [0.25, 0.3) is 11.3 Å². The summed E-state index contributed by atoms with van der Waals surface area (Å²) in [6.45, 7) is 1.86. The van der Waals surface area contributed by atoms with Gasteiger partial charge in [0.1, 0.15) is 5.82 Å². The first-order valence-corrected chi connectivity index (χ1v) is 10.9. The second kappa shape index (κ2) is 8.92. The van der Waals surface area contributed by atoms with E-state index < -0.39 is 0 Å². The van der Waals surface area contributed by atoms with Gasteiger partial charge < -0.3 is 16.0 Å². The highest BCUT2D eigenvalue weighted by Gasteiger charge is 2.21. The molecule has 34 heavy (non-hydrogen) atoms. The van der Waals surface area contributed by atoms with Crippen LogP contribution in [0, 0.1) is 6.92 Å². The van der Waals surface area contributed by atoms with Gasteiger partial charge in [0.25, 0.3) is 5.91 Å². The molecule has 3 heterocycles. The highest BCUT2D eigenvalue weighted by Crippen LogP contribution is 2.34. The van der Waals surface area contributed by atoms with Crippen LogP contribution in [0.5, 0.6) is 0 Å². The molecule has 0 saturated heterocycles. The van der Waals surface area contributed by atoms with Gasteiger partial charge in [0.2, 0.25) is 11.9 Å². The number of amides is 2. The molecule has 0 unspecified atom stereocenters. The maximum absolute atomic E-state index is 12.5. The van der Waals surface area contributed by atoms with E-state index in [1.54, 1.807) is 48.7 Å². The average Bonchev–Trinajstić information content (AvgIpc) is 2.94. The largest absolute Gasteiger partial charge is 0.325 e. The molecule has 0 spiro atoms. The summed E-state index contributed by atoms with van der Waals surface area (Å²) in [6, 6.07) is 17.7. The Morgan fingerprint density at radius 2 is 1.88 bits per heavy atom. The van der Waals surface area contributed by atoms with E-state index in [2.05, 4.69) is 30.9 Å². The number of hydrogen-bond donors (Lipinski definition) is 3. The molecule has 0 saturated carbocycles. The number of pyridine rings is 1. The third-order valence-corrected chi connectivity index (χ3v) is 5.49. The summed E-state index contributed by atoms with van der Waals surface area (Å²) < 4.78 is 0. The number of nitrogens with zero attached hydrogens (tertiary/aromatic N) is 3. The standard InChI is InChI=1S/C25H19ClN6O2/c1-14-3-2-4-21(28-14)31-24(34)15-5-8-18(9-6-15)29-25-27-13-16-11-22(33)30-20-12-17(26)7-10-19(20)23(16)32-25/h2-10,12-13H,11H2,1H3,(H,30,33)(H,27,29,32)(H,28,31,34). The minimum atomic E-state index is -0.252. The summed E-state index contributed by atoms with van der Waals surface area (Å²) in [5.41, 5.74) is 4.79. The summed E-state index contributed by atoms with van der Waals surface area (Å²) in [5.74, 6) is 0.468. The monoisotopic (exact) mass is 470 g/mol. The van der Waals surface area contributed by atoms with Crippen molar-refractivity contribution >= 4 is 46.6 Å². The maximum Gasteiger partial charge on any atom is 0.256 e. The van der Waals surface area contributed by atoms with Crippen molar-refractivity contribution in [3.8, 4) is 11.3 Å². The Bertz CT molecular complexity index is 1420. The number of aryl methyl sites for hydroxylation is 1. The highest BCUT2D eigenvalue weighted by atomic mass is 35.5. The second-order valence-corrected chi connectivity index (χ2v) is 8.24. The van der Waals surface area contributed by atoms with Crippen LogP contribution >= 0.6 is 11.6 Å². The molecule has 2 amide bonds. The lowest BCUT2D eigenvalue weighted by Crippen LogP contribution is -2.13. The zero-order valence-electron chi connectivity index (χ0n) is 18.1. The molecular formula is C25H19ClN6O2. The zero-order chi connectivity index (χ0) is 23.7. The van der Waals surface area contributed by atoms with Gasteiger partial charge in [-0.25, -0.2) is 15.0 Å². The Balaban J connectivity index is 1.36. The van der Waals surface area contributed by atoms with E-state index in [-0.39, 0.29) is 18.2 Å². The van der Waals surface area contributed by atoms with Crippen molar-refractivity contribution in [2.24, 2.45) is 0 Å². The third-order valence-electron chi connectivity index (χ3n) is 5.26. The Kier molecular flexibility index (Phi) is 5.65. The number of rotatable bonds is 4. The SMILES string of the molecule is Cc1cccc(NC(=O)c2ccc(Nc3ncc4c(n3)-c3ccc(Cl)cc3NC(=O)C4)cc2)n1. The lowest BCUT2D eigenvalue weighted by atomic mass is 10.1. The molecule has 3 N–H and O–H groups in total. The lowest BCUT2D eigenvalue weighted by molar-refractivity contribution is -0.115. The highest BCUT2D eigenvalue weighted by molar-refractivity contribution is 6.31. The summed E-state index contributed by atoms with van der Waals surface area (Å²) in [5, 5.41) is 9.33. The van der Waals surface area contributed by atoms with Gasteiger partial charge in [-0.2, -0.15) is 0 Å². The molecule has 9 heteroatoms. The quantitative estimate of drug-likeness (QED) is 0.387. The molecule has 1 aliphatic heterocycles. The van der Waals surface area contributed by atoms with Gasteiger partial charge >= 0.3 is 0 Å². The van der Waals surface area contributed by atoms with Crippen LogP contribution in [-0.4, -0.2) is 26.8 Å². The van der Waals surface area contributed by atoms with E-state index in [0.717, 1.165) is 16.8 Å². The smallest absolute Gasteiger partial charge is 0.256 e. The summed E-state index contributed by atoms with van der Waals surface area (Å²) in [7, 11) is 0. The predicted molar refractivity (Wildman–Crippen MR) is 131 cm³/mol. The van der Waals surface area contributed by atoms with Crippen molar-refractivity contribution in [2.45, 2.75) is 13.3 Å². The maximum atomic E-state index is 12.5. The predicted octanol–water partition coefficient (Wildman–Crippen LogP) is 4.99. The van der Waals surface area contributed by atoms with Crippen LogP contribution in [0.2, 0.25) is 5.02 Å². The van der Waals surface area contributed by atoms with Crippen molar-refractivity contribution in [2.75, 3.05) is 16.0 Å². The molecule has 0 radical (unpaired) electrons. The van der Waals surface area contributed by atoms with Gasteiger partial charge in [-0.1, -0.05) is 17.7 Å². The number of hydrogen-bond acceptors (Lipinski definition) is 6. The van der Waals surface area contributed by atoms with Gasteiger partial charge in [0, 0.05) is 39.3 Å². The molecule has 4 aromatic rings. The van der Waals surface area contributed by atoms with Gasteiger partial charge in [-0.15, -0.1) is 0 Å². The topological polar surface area (TPSA) is 109 Å². The first kappa shape index (κ1) is 21.5. The van der Waals surface area contributed by atoms with Crippen molar-refractivity contribution in [3.05, 3.63) is 88.7 Å². The normalized spacial score (nSPS) is 12.1. The number of carbonyl (C=O) groups excluding carboxylic acids is 2. The zero-order valence-corrected chi connectivity index (χ0v) is 18.8. The molecule has 1 aliphatic rings. The van der Waals surface area contributed by atoms with Crippen molar-refractivity contribution in [1.82, 2.24) is 15.0 Å². The number of nitrogens with one attached hydrogen (secondary N) is 3. The Hall–Kier alpha value is -4.30. The molecule has 2 aromatic heterocycles. The minimum absolute atomic E-state index is 0.152. The molecule has 5 rings (SSSR count). The molecule has 0 fully saturated rings. The molecule has 0 aliphatic carbocycles. The molecule has 168 valence electrons. The van der Waals surface area contributed by atoms with Crippen molar-refractivity contribution in [3.63, 3.8) is 0 Å². The first-order chi connectivity index (χ1) is 16.4. The van der Waals surface area contributed by atoms with Crippen LogP contribution < -0.4 is 16.0 Å². The summed E-state index contributed by atoms with van der Waals surface area (Å²) in [4.78, 5) is 38.1. The van der Waals surface area contributed by atoms with Gasteiger partial charge in [0.15, 0.2) is 0 Å². The van der Waals surface area contributed by atoms with E-state index in [9.17, 15) is 9.59 Å². The van der Waals surface area contributed by atoms with E-state index in [4.69, 9.17) is 11.6 Å². The Morgan fingerprint density at radius 1 is 1.06 bits per heavy atom. The molecule has 0 bridgehead atoms. The summed E-state index contributed by atoms with van der Waals surface area (Å²) >= 11 is 6.10. The van der Waals surface area contributed by atoms with E-state index in [1.807, 2.05) is 25.1 Å². The fraction of sp³-hybridized carbons (Fsp3) is 0.0800. The lowest BCUT2D eigenvalue weighted by Gasteiger charge is -2.11. The second-order valence-electron chi connectivity index (χ2n) is 7.80. The number of aromatic nitrogens is 3. The minimum Gasteiger partial charge on any atom is -0.325 e. The third kappa shape index (κ3) is 4.57. The van der Waals surface area contributed by atoms with Gasteiger partial charge in [-0.05, 0) is 61.5 Å². The molecule has 2 aromatic carbocycles. The molecule has 0 atom stereocenters. The van der Waals surface area contributed by atoms with Crippen LogP contribution in [0.15, 0.2) is 66.9 Å². The Labute approximate surface area is 200 Å². The van der Waals surface area contributed by atoms with Crippen LogP contribution in [0.1, 0.15) is 21.6 Å². The first-order valence-electron chi connectivity index (χ1n) is 10.5. The fourth-order valence-electron chi connectivity index (χ4n) is 3.66. The van der Waals surface area contributed by atoms with Crippen molar-refractivity contribution in [1.29, 1.82) is 0 Å². The number of carbonyl (C=O) groups is 2.